The van der Waals surface area contributed by atoms with Crippen LogP contribution in [0.1, 0.15) is 33.6 Å². The molecule has 1 aliphatic heterocycles. The molecule has 2 aliphatic rings. The van der Waals surface area contributed by atoms with Crippen LogP contribution in [0.3, 0.4) is 0 Å². The lowest BCUT2D eigenvalue weighted by Crippen LogP contribution is -2.61. The molecule has 1 aliphatic carbocycles. The highest BCUT2D eigenvalue weighted by Gasteiger charge is 2.48. The van der Waals surface area contributed by atoms with E-state index in [0.717, 1.165) is 26.0 Å². The number of hydrogen-bond donors (Lipinski definition) is 2. The van der Waals surface area contributed by atoms with Crippen LogP contribution in [0, 0.1) is 5.41 Å². The Morgan fingerprint density at radius 2 is 2.15 bits per heavy atom. The quantitative estimate of drug-likeness (QED) is 0.750. The Bertz CT molecular complexity index is 422. The van der Waals surface area contributed by atoms with Gasteiger partial charge in [0.05, 0.1) is 17.6 Å². The van der Waals surface area contributed by atoms with Gasteiger partial charge in [-0.2, -0.15) is 0 Å². The van der Waals surface area contributed by atoms with Crippen molar-refractivity contribution in [2.24, 2.45) is 5.41 Å². The first-order valence-electron chi connectivity index (χ1n) is 7.64. The first kappa shape index (κ1) is 16.2. The van der Waals surface area contributed by atoms with Gasteiger partial charge in [0.2, 0.25) is 0 Å². The van der Waals surface area contributed by atoms with E-state index in [-0.39, 0.29) is 23.0 Å². The van der Waals surface area contributed by atoms with Crippen molar-refractivity contribution < 1.29 is 13.2 Å². The maximum Gasteiger partial charge on any atom is 0.153 e. The van der Waals surface area contributed by atoms with E-state index in [0.29, 0.717) is 18.7 Å². The van der Waals surface area contributed by atoms with E-state index in [1.807, 2.05) is 6.92 Å². The van der Waals surface area contributed by atoms with Gasteiger partial charge in [0.15, 0.2) is 9.84 Å². The fourth-order valence-electron chi connectivity index (χ4n) is 3.20. The number of rotatable bonds is 6. The molecule has 2 fully saturated rings. The molecule has 3 atom stereocenters. The van der Waals surface area contributed by atoms with Crippen LogP contribution < -0.4 is 10.6 Å². The summed E-state index contributed by atoms with van der Waals surface area (Å²) in [5.41, 5.74) is 0.169. The van der Waals surface area contributed by atoms with Crippen LogP contribution in [0.15, 0.2) is 0 Å². The van der Waals surface area contributed by atoms with E-state index in [4.69, 9.17) is 4.74 Å². The summed E-state index contributed by atoms with van der Waals surface area (Å²) >= 11 is 0. The molecule has 0 aromatic carbocycles. The molecule has 3 unspecified atom stereocenters. The van der Waals surface area contributed by atoms with Crippen LogP contribution in [0.25, 0.3) is 0 Å². The van der Waals surface area contributed by atoms with Crippen molar-refractivity contribution in [3.8, 4) is 0 Å². The third-order valence-corrected chi connectivity index (χ3v) is 6.47. The van der Waals surface area contributed by atoms with Crippen LogP contribution in [0.2, 0.25) is 0 Å². The minimum absolute atomic E-state index is 0.104. The Balaban J connectivity index is 1.69. The van der Waals surface area contributed by atoms with Crippen molar-refractivity contribution in [1.29, 1.82) is 0 Å². The lowest BCUT2D eigenvalue weighted by atomic mass is 9.64. The maximum atomic E-state index is 11.6. The first-order chi connectivity index (χ1) is 9.35. The van der Waals surface area contributed by atoms with Crippen LogP contribution in [-0.4, -0.2) is 57.8 Å². The minimum Gasteiger partial charge on any atom is -0.378 e. The van der Waals surface area contributed by atoms with Gasteiger partial charge in [0.25, 0.3) is 0 Å². The second kappa shape index (κ2) is 6.30. The van der Waals surface area contributed by atoms with Gasteiger partial charge in [-0.05, 0) is 26.3 Å². The van der Waals surface area contributed by atoms with E-state index in [2.05, 4.69) is 24.5 Å². The van der Waals surface area contributed by atoms with Gasteiger partial charge in [-0.25, -0.2) is 8.42 Å². The first-order valence-corrected chi connectivity index (χ1v) is 9.46. The van der Waals surface area contributed by atoms with E-state index < -0.39 is 9.84 Å². The van der Waals surface area contributed by atoms with Crippen LogP contribution in [0.5, 0.6) is 0 Å². The van der Waals surface area contributed by atoms with Gasteiger partial charge in [0, 0.05) is 30.7 Å². The standard InChI is InChI=1S/C14H28N2O3S/c1-4-19-13-9-12(14(13,2)3)16-6-5-11-10-20(17,18)8-7-15-11/h11-13,15-16H,4-10H2,1-3H3. The summed E-state index contributed by atoms with van der Waals surface area (Å²) in [4.78, 5) is 0. The molecule has 6 heteroatoms. The molecule has 1 saturated carbocycles. The van der Waals surface area contributed by atoms with Crippen molar-refractivity contribution >= 4 is 9.84 Å². The molecule has 118 valence electrons. The van der Waals surface area contributed by atoms with Gasteiger partial charge in [-0.3, -0.25) is 0 Å². The smallest absolute Gasteiger partial charge is 0.153 e. The Labute approximate surface area is 122 Å². The Hall–Kier alpha value is -0.170. The largest absolute Gasteiger partial charge is 0.378 e. The predicted octanol–water partition coefficient (Wildman–Crippen LogP) is 0.556. The molecule has 20 heavy (non-hydrogen) atoms. The van der Waals surface area contributed by atoms with Crippen molar-refractivity contribution in [3.05, 3.63) is 0 Å². The molecule has 0 amide bonds. The number of hydrogen-bond acceptors (Lipinski definition) is 5. The van der Waals surface area contributed by atoms with Crippen molar-refractivity contribution in [2.45, 2.75) is 51.8 Å². The Morgan fingerprint density at radius 1 is 1.40 bits per heavy atom. The summed E-state index contributed by atoms with van der Waals surface area (Å²) in [7, 11) is -2.82. The van der Waals surface area contributed by atoms with Gasteiger partial charge < -0.3 is 15.4 Å². The average molecular weight is 304 g/mol. The highest BCUT2D eigenvalue weighted by atomic mass is 32.2. The number of sulfone groups is 1. The molecule has 0 aromatic rings. The lowest BCUT2D eigenvalue weighted by molar-refractivity contribution is -0.114. The molecule has 0 bridgehead atoms. The Kier molecular flexibility index (Phi) is 5.10. The topological polar surface area (TPSA) is 67.4 Å². The normalized spacial score (nSPS) is 35.5. The average Bonchev–Trinajstić information content (AvgIpc) is 2.35. The third kappa shape index (κ3) is 3.72. The fourth-order valence-corrected chi connectivity index (χ4v) is 4.69. The molecule has 2 rings (SSSR count). The highest BCUT2D eigenvalue weighted by Crippen LogP contribution is 2.42. The fraction of sp³-hybridized carbons (Fsp3) is 1.00. The zero-order valence-electron chi connectivity index (χ0n) is 12.8. The molecule has 0 radical (unpaired) electrons. The molecular formula is C14H28N2O3S. The highest BCUT2D eigenvalue weighted by molar-refractivity contribution is 7.91. The molecule has 2 N–H and O–H groups in total. The zero-order valence-corrected chi connectivity index (χ0v) is 13.6. The summed E-state index contributed by atoms with van der Waals surface area (Å²) in [5.74, 6) is 0.562. The second-order valence-corrected chi connectivity index (χ2v) is 8.79. The summed E-state index contributed by atoms with van der Waals surface area (Å²) < 4.78 is 28.8. The van der Waals surface area contributed by atoms with Crippen molar-refractivity contribution in [1.82, 2.24) is 10.6 Å². The monoisotopic (exact) mass is 304 g/mol. The number of nitrogens with one attached hydrogen (secondary N) is 2. The van der Waals surface area contributed by atoms with Crippen LogP contribution >= 0.6 is 0 Å². The van der Waals surface area contributed by atoms with Crippen molar-refractivity contribution in [2.75, 3.05) is 31.2 Å². The molecule has 0 aromatic heterocycles. The summed E-state index contributed by atoms with van der Waals surface area (Å²) in [6.45, 7) is 8.72. The maximum absolute atomic E-state index is 11.6. The molecular weight excluding hydrogens is 276 g/mol. The van der Waals surface area contributed by atoms with E-state index >= 15 is 0 Å². The van der Waals surface area contributed by atoms with Gasteiger partial charge >= 0.3 is 0 Å². The summed E-state index contributed by atoms with van der Waals surface area (Å²) in [5, 5.41) is 6.85. The Morgan fingerprint density at radius 3 is 2.75 bits per heavy atom. The molecule has 1 heterocycles. The van der Waals surface area contributed by atoms with Crippen LogP contribution in [0.4, 0.5) is 0 Å². The van der Waals surface area contributed by atoms with E-state index in [9.17, 15) is 8.42 Å². The SMILES string of the molecule is CCOC1CC(NCCC2CS(=O)(=O)CCN2)C1(C)C. The van der Waals surface area contributed by atoms with E-state index in [1.54, 1.807) is 0 Å². The van der Waals surface area contributed by atoms with Gasteiger partial charge in [-0.15, -0.1) is 0 Å². The zero-order chi connectivity index (χ0) is 14.8. The predicted molar refractivity (Wildman–Crippen MR) is 80.7 cm³/mol. The summed E-state index contributed by atoms with van der Waals surface area (Å²) in [6, 6.07) is 0.575. The van der Waals surface area contributed by atoms with Crippen molar-refractivity contribution in [3.63, 3.8) is 0 Å². The lowest BCUT2D eigenvalue weighted by Gasteiger charge is -2.52. The van der Waals surface area contributed by atoms with Gasteiger partial charge in [0.1, 0.15) is 0 Å². The number of ether oxygens (including phenoxy) is 1. The molecule has 1 saturated heterocycles. The minimum atomic E-state index is -2.82. The van der Waals surface area contributed by atoms with Gasteiger partial charge in [-0.1, -0.05) is 13.8 Å². The molecule has 0 spiro atoms. The summed E-state index contributed by atoms with van der Waals surface area (Å²) in [6.07, 6.45) is 2.26. The van der Waals surface area contributed by atoms with Crippen LogP contribution in [-0.2, 0) is 14.6 Å². The second-order valence-electron chi connectivity index (χ2n) is 6.56. The molecule has 5 nitrogen and oxygen atoms in total. The van der Waals surface area contributed by atoms with E-state index in [1.165, 1.54) is 0 Å². The third-order valence-electron chi connectivity index (χ3n) is 4.73.